The first-order valence-corrected chi connectivity index (χ1v) is 8.16. The lowest BCUT2D eigenvalue weighted by atomic mass is 9.62. The first-order chi connectivity index (χ1) is 10.5. The van der Waals surface area contributed by atoms with Crippen LogP contribution in [0.5, 0.6) is 0 Å². The maximum atomic E-state index is 11.7. The van der Waals surface area contributed by atoms with Crippen molar-refractivity contribution < 1.29 is 23.8 Å². The summed E-state index contributed by atoms with van der Waals surface area (Å²) in [5.41, 5.74) is 0.343. The summed E-state index contributed by atoms with van der Waals surface area (Å²) in [6.45, 7) is 5.14. The molecule has 0 bridgehead atoms. The van der Waals surface area contributed by atoms with Crippen molar-refractivity contribution in [1.29, 1.82) is 0 Å². The average molecular weight is 310 g/mol. The van der Waals surface area contributed by atoms with Crippen molar-refractivity contribution in [2.45, 2.75) is 64.4 Å². The molecule has 2 aliphatic rings. The van der Waals surface area contributed by atoms with E-state index in [0.29, 0.717) is 5.41 Å². The van der Waals surface area contributed by atoms with Crippen LogP contribution in [0.3, 0.4) is 0 Å². The van der Waals surface area contributed by atoms with Crippen LogP contribution in [0.2, 0.25) is 0 Å². The second kappa shape index (κ2) is 7.65. The molecule has 0 aromatic carbocycles. The monoisotopic (exact) mass is 310 g/mol. The summed E-state index contributed by atoms with van der Waals surface area (Å²) in [7, 11) is 0. The Morgan fingerprint density at radius 2 is 1.91 bits per heavy atom. The second-order valence-corrected chi connectivity index (χ2v) is 6.72. The van der Waals surface area contributed by atoms with Crippen LogP contribution in [0.4, 0.5) is 4.79 Å². The standard InChI is InChI=1S/C17H26O5/c1-3-15(18)20-12-21-16(19)22-14-7-5-9-17(11-14)8-4-6-13(2)10-17/h3,13-14H,1,4-12H2,2H3. The highest BCUT2D eigenvalue weighted by Crippen LogP contribution is 2.49. The van der Waals surface area contributed by atoms with E-state index in [1.807, 2.05) is 0 Å². The lowest BCUT2D eigenvalue weighted by Crippen LogP contribution is -2.37. The van der Waals surface area contributed by atoms with Crippen molar-refractivity contribution in [1.82, 2.24) is 0 Å². The Morgan fingerprint density at radius 3 is 2.59 bits per heavy atom. The molecule has 0 aliphatic heterocycles. The van der Waals surface area contributed by atoms with Crippen LogP contribution in [0, 0.1) is 11.3 Å². The van der Waals surface area contributed by atoms with Gasteiger partial charge in [-0.15, -0.1) is 0 Å². The van der Waals surface area contributed by atoms with Crippen LogP contribution < -0.4 is 0 Å². The fourth-order valence-corrected chi connectivity index (χ4v) is 4.04. The van der Waals surface area contributed by atoms with E-state index in [2.05, 4.69) is 18.2 Å². The van der Waals surface area contributed by atoms with Crippen LogP contribution in [0.15, 0.2) is 12.7 Å². The molecule has 2 fully saturated rings. The van der Waals surface area contributed by atoms with Gasteiger partial charge in [-0.25, -0.2) is 9.59 Å². The Morgan fingerprint density at radius 1 is 1.18 bits per heavy atom. The van der Waals surface area contributed by atoms with Gasteiger partial charge in [-0.3, -0.25) is 0 Å². The minimum absolute atomic E-state index is 0.0818. The van der Waals surface area contributed by atoms with Crippen molar-refractivity contribution in [2.24, 2.45) is 11.3 Å². The largest absolute Gasteiger partial charge is 0.511 e. The maximum Gasteiger partial charge on any atom is 0.511 e. The zero-order chi connectivity index (χ0) is 16.0. The number of rotatable bonds is 4. The van der Waals surface area contributed by atoms with E-state index < -0.39 is 18.9 Å². The Bertz CT molecular complexity index is 415. The van der Waals surface area contributed by atoms with Gasteiger partial charge in [0.1, 0.15) is 6.10 Å². The van der Waals surface area contributed by atoms with Gasteiger partial charge in [-0.05, 0) is 49.9 Å². The fraction of sp³-hybridized carbons (Fsp3) is 0.765. The molecule has 3 unspecified atom stereocenters. The minimum atomic E-state index is -0.761. The summed E-state index contributed by atoms with van der Waals surface area (Å²) in [6, 6.07) is 0. The van der Waals surface area contributed by atoms with E-state index in [9.17, 15) is 9.59 Å². The molecule has 0 saturated heterocycles. The lowest BCUT2D eigenvalue weighted by molar-refractivity contribution is -0.148. The van der Waals surface area contributed by atoms with Crippen molar-refractivity contribution in [2.75, 3.05) is 6.79 Å². The first-order valence-electron chi connectivity index (χ1n) is 8.16. The summed E-state index contributed by atoms with van der Waals surface area (Å²) in [4.78, 5) is 22.5. The molecule has 5 nitrogen and oxygen atoms in total. The minimum Gasteiger partial charge on any atom is -0.431 e. The van der Waals surface area contributed by atoms with Crippen LogP contribution in [-0.4, -0.2) is 25.0 Å². The van der Waals surface area contributed by atoms with Gasteiger partial charge in [0.25, 0.3) is 0 Å². The predicted octanol–water partition coefficient (Wildman–Crippen LogP) is 3.97. The van der Waals surface area contributed by atoms with Crippen molar-refractivity contribution in [3.63, 3.8) is 0 Å². The van der Waals surface area contributed by atoms with Gasteiger partial charge < -0.3 is 14.2 Å². The number of carbonyl (C=O) groups excluding carboxylic acids is 2. The summed E-state index contributed by atoms with van der Waals surface area (Å²) < 4.78 is 14.7. The molecule has 0 aromatic rings. The average Bonchev–Trinajstić information content (AvgIpc) is 2.46. The van der Waals surface area contributed by atoms with Crippen LogP contribution in [-0.2, 0) is 19.0 Å². The fourth-order valence-electron chi connectivity index (χ4n) is 4.04. The molecule has 2 saturated carbocycles. The molecule has 22 heavy (non-hydrogen) atoms. The van der Waals surface area contributed by atoms with Crippen LogP contribution >= 0.6 is 0 Å². The summed E-state index contributed by atoms with van der Waals surface area (Å²) in [5, 5.41) is 0. The maximum absolute atomic E-state index is 11.7. The van der Waals surface area contributed by atoms with E-state index in [4.69, 9.17) is 9.47 Å². The molecule has 2 aliphatic carbocycles. The van der Waals surface area contributed by atoms with Gasteiger partial charge >= 0.3 is 12.1 Å². The predicted molar refractivity (Wildman–Crippen MR) is 81.0 cm³/mol. The first kappa shape index (κ1) is 16.8. The molecule has 2 rings (SSSR count). The van der Waals surface area contributed by atoms with Gasteiger partial charge in [-0.2, -0.15) is 0 Å². The molecule has 3 atom stereocenters. The summed E-state index contributed by atoms with van der Waals surface area (Å²) in [5.74, 6) is 0.137. The number of hydrogen-bond acceptors (Lipinski definition) is 5. The van der Waals surface area contributed by atoms with Gasteiger partial charge in [0.15, 0.2) is 0 Å². The highest BCUT2D eigenvalue weighted by Gasteiger charge is 2.40. The molecular weight excluding hydrogens is 284 g/mol. The molecule has 124 valence electrons. The van der Waals surface area contributed by atoms with Gasteiger partial charge in [0, 0.05) is 6.08 Å². The zero-order valence-electron chi connectivity index (χ0n) is 13.3. The highest BCUT2D eigenvalue weighted by atomic mass is 16.8. The highest BCUT2D eigenvalue weighted by molar-refractivity contribution is 5.81. The molecule has 0 aromatic heterocycles. The van der Waals surface area contributed by atoms with E-state index in [1.165, 1.54) is 32.1 Å². The number of esters is 1. The Labute approximate surface area is 132 Å². The number of ether oxygens (including phenoxy) is 3. The van der Waals surface area contributed by atoms with Crippen molar-refractivity contribution in [3.8, 4) is 0 Å². The van der Waals surface area contributed by atoms with Gasteiger partial charge in [0.05, 0.1) is 0 Å². The lowest BCUT2D eigenvalue weighted by Gasteiger charge is -2.45. The molecule has 0 amide bonds. The van der Waals surface area contributed by atoms with E-state index in [-0.39, 0.29) is 6.10 Å². The Balaban J connectivity index is 1.76. The third-order valence-electron chi connectivity index (χ3n) is 4.89. The smallest absolute Gasteiger partial charge is 0.431 e. The molecule has 1 spiro atoms. The molecule has 0 radical (unpaired) electrons. The van der Waals surface area contributed by atoms with E-state index in [1.54, 1.807) is 0 Å². The molecule has 0 heterocycles. The SMILES string of the molecule is C=CC(=O)OCOC(=O)OC1CCCC2(CCCC(C)C2)C1. The van der Waals surface area contributed by atoms with Gasteiger partial charge in [-0.1, -0.05) is 26.3 Å². The third kappa shape index (κ3) is 4.75. The van der Waals surface area contributed by atoms with E-state index in [0.717, 1.165) is 31.3 Å². The molecular formula is C17H26O5. The third-order valence-corrected chi connectivity index (χ3v) is 4.89. The van der Waals surface area contributed by atoms with Crippen molar-refractivity contribution >= 4 is 12.1 Å². The second-order valence-electron chi connectivity index (χ2n) is 6.72. The van der Waals surface area contributed by atoms with Gasteiger partial charge in [0.2, 0.25) is 6.79 Å². The molecule has 5 heteroatoms. The Kier molecular flexibility index (Phi) is 5.86. The quantitative estimate of drug-likeness (QED) is 0.447. The summed E-state index contributed by atoms with van der Waals surface area (Å²) >= 11 is 0. The van der Waals surface area contributed by atoms with E-state index >= 15 is 0 Å². The van der Waals surface area contributed by atoms with Crippen molar-refractivity contribution in [3.05, 3.63) is 12.7 Å². The molecule has 0 N–H and O–H groups in total. The Hall–Kier alpha value is -1.52. The summed E-state index contributed by atoms with van der Waals surface area (Å²) in [6.07, 6.45) is 9.38. The zero-order valence-corrected chi connectivity index (χ0v) is 13.3. The topological polar surface area (TPSA) is 61.8 Å². The number of hydrogen-bond donors (Lipinski definition) is 0. The number of carbonyl (C=O) groups is 2. The van der Waals surface area contributed by atoms with Crippen LogP contribution in [0.25, 0.3) is 0 Å². The van der Waals surface area contributed by atoms with Crippen LogP contribution in [0.1, 0.15) is 58.3 Å². The normalized spacial score (nSPS) is 31.3.